The molecule has 0 aromatic rings. The zero-order valence-corrected chi connectivity index (χ0v) is 16.8. The van der Waals surface area contributed by atoms with Crippen molar-refractivity contribution in [1.29, 1.82) is 5.26 Å². The summed E-state index contributed by atoms with van der Waals surface area (Å²) in [5.41, 5.74) is -1.19. The van der Waals surface area contributed by atoms with Crippen LogP contribution >= 0.6 is 15.9 Å². The molecule has 6 heteroatoms. The van der Waals surface area contributed by atoms with Gasteiger partial charge in [-0.15, -0.1) is 0 Å². The highest BCUT2D eigenvalue weighted by molar-refractivity contribution is 9.10. The maximum absolute atomic E-state index is 12.9. The van der Waals surface area contributed by atoms with Crippen LogP contribution in [-0.4, -0.2) is 28.3 Å². The number of nitriles is 1. The van der Waals surface area contributed by atoms with Gasteiger partial charge in [0, 0.05) is 4.32 Å². The van der Waals surface area contributed by atoms with Crippen LogP contribution in [0.15, 0.2) is 0 Å². The molecule has 2 atom stereocenters. The molecule has 5 nitrogen and oxygen atoms in total. The van der Waals surface area contributed by atoms with E-state index in [4.69, 9.17) is 4.74 Å². The fraction of sp³-hybridized carbons (Fsp3) is 0.850. The van der Waals surface area contributed by atoms with Crippen LogP contribution in [0.25, 0.3) is 0 Å². The minimum Gasteiger partial charge on any atom is -0.455 e. The van der Waals surface area contributed by atoms with Crippen LogP contribution in [0.4, 0.5) is 0 Å². The van der Waals surface area contributed by atoms with Crippen LogP contribution in [-0.2, 0) is 14.3 Å². The Hall–Kier alpha value is -1.09. The van der Waals surface area contributed by atoms with E-state index in [-0.39, 0.29) is 22.8 Å². The summed E-state index contributed by atoms with van der Waals surface area (Å²) in [4.78, 5) is 25.2. The molecule has 0 aromatic carbocycles. The van der Waals surface area contributed by atoms with Gasteiger partial charge < -0.3 is 10.1 Å². The lowest BCUT2D eigenvalue weighted by atomic mass is 9.49. The molecule has 0 aromatic heterocycles. The van der Waals surface area contributed by atoms with Crippen molar-refractivity contribution in [2.24, 2.45) is 17.3 Å². The molecule has 0 radical (unpaired) electrons. The zero-order valence-electron chi connectivity index (χ0n) is 15.2. The third-order valence-electron chi connectivity index (χ3n) is 7.06. The van der Waals surface area contributed by atoms with Gasteiger partial charge >= 0.3 is 5.97 Å². The molecule has 1 amide bonds. The molecule has 0 unspecified atom stereocenters. The highest BCUT2D eigenvalue weighted by Gasteiger charge is 2.60. The molecule has 0 aliphatic heterocycles. The summed E-state index contributed by atoms with van der Waals surface area (Å²) in [6.07, 6.45) is 10.5. The normalized spacial score (nSPS) is 39.8. The van der Waals surface area contributed by atoms with E-state index >= 15 is 0 Å². The van der Waals surface area contributed by atoms with Crippen LogP contribution in [0, 0.1) is 28.6 Å². The Bertz CT molecular complexity index is 636. The van der Waals surface area contributed by atoms with Crippen LogP contribution in [0.3, 0.4) is 0 Å². The second-order valence-corrected chi connectivity index (χ2v) is 11.0. The number of esters is 1. The molecular weight excluding hydrogens is 396 g/mol. The Kier molecular flexibility index (Phi) is 4.58. The van der Waals surface area contributed by atoms with Gasteiger partial charge in [0.25, 0.3) is 5.91 Å². The van der Waals surface area contributed by atoms with E-state index in [2.05, 4.69) is 27.3 Å². The Labute approximate surface area is 163 Å². The second kappa shape index (κ2) is 6.51. The summed E-state index contributed by atoms with van der Waals surface area (Å²) < 4.78 is 5.57. The lowest BCUT2D eigenvalue weighted by Gasteiger charge is -2.58. The molecule has 5 aliphatic rings. The standard InChI is InChI=1S/C20H27BrN2O3/c21-19-9-14-6-15(10-19)8-18(7-14,12-19)17(25)26-11-16(24)23-20(13-22)4-2-1-3-5-20/h14-15H,1-12H2,(H,23,24)/t14-,15-,18?,19?/m0/s1. The van der Waals surface area contributed by atoms with Crippen molar-refractivity contribution in [3.8, 4) is 6.07 Å². The molecule has 0 saturated heterocycles. The smallest absolute Gasteiger partial charge is 0.312 e. The highest BCUT2D eigenvalue weighted by atomic mass is 79.9. The van der Waals surface area contributed by atoms with Crippen LogP contribution in [0.2, 0.25) is 0 Å². The monoisotopic (exact) mass is 422 g/mol. The average molecular weight is 423 g/mol. The average Bonchev–Trinajstić information content (AvgIpc) is 2.58. The Balaban J connectivity index is 1.35. The van der Waals surface area contributed by atoms with E-state index in [1.54, 1.807) is 0 Å². The highest BCUT2D eigenvalue weighted by Crippen LogP contribution is 2.64. The number of amides is 1. The van der Waals surface area contributed by atoms with E-state index < -0.39 is 11.0 Å². The fourth-order valence-electron chi connectivity index (χ4n) is 6.40. The summed E-state index contributed by atoms with van der Waals surface area (Å²) in [5.74, 6) is 0.641. The van der Waals surface area contributed by atoms with Gasteiger partial charge in [-0.3, -0.25) is 9.59 Å². The van der Waals surface area contributed by atoms with Gasteiger partial charge in [-0.2, -0.15) is 5.26 Å². The van der Waals surface area contributed by atoms with Crippen molar-refractivity contribution in [2.75, 3.05) is 6.61 Å². The third kappa shape index (κ3) is 3.28. The molecule has 0 spiro atoms. The summed E-state index contributed by atoms with van der Waals surface area (Å²) >= 11 is 3.90. The fourth-order valence-corrected chi connectivity index (χ4v) is 7.85. The summed E-state index contributed by atoms with van der Waals surface area (Å²) in [6, 6.07) is 2.27. The molecule has 1 N–H and O–H groups in total. The first kappa shape index (κ1) is 18.3. The van der Waals surface area contributed by atoms with Crippen molar-refractivity contribution < 1.29 is 14.3 Å². The van der Waals surface area contributed by atoms with Gasteiger partial charge in [0.2, 0.25) is 0 Å². The maximum atomic E-state index is 12.9. The SMILES string of the molecule is N#CC1(NC(=O)COC(=O)C23C[C@@H]4C[C@H](CC(Br)(C4)C2)C3)CCCCC1. The van der Waals surface area contributed by atoms with Gasteiger partial charge in [-0.25, -0.2) is 0 Å². The van der Waals surface area contributed by atoms with Crippen LogP contribution < -0.4 is 5.32 Å². The number of ether oxygens (including phenoxy) is 1. The molecule has 0 heterocycles. The quantitative estimate of drug-likeness (QED) is 0.554. The molecule has 5 fully saturated rings. The number of hydrogen-bond acceptors (Lipinski definition) is 4. The molecule has 5 rings (SSSR count). The molecule has 5 saturated carbocycles. The minimum atomic E-state index is -0.775. The second-order valence-electron chi connectivity index (χ2n) is 9.27. The first-order valence-electron chi connectivity index (χ1n) is 9.95. The lowest BCUT2D eigenvalue weighted by Crippen LogP contribution is -2.56. The summed E-state index contributed by atoms with van der Waals surface area (Å²) in [7, 11) is 0. The number of carbonyl (C=O) groups excluding carboxylic acids is 2. The van der Waals surface area contributed by atoms with Crippen molar-refractivity contribution >= 4 is 27.8 Å². The number of rotatable bonds is 4. The zero-order chi connectivity index (χ0) is 18.4. The van der Waals surface area contributed by atoms with E-state index in [1.807, 2.05) is 0 Å². The first-order chi connectivity index (χ1) is 12.4. The number of nitrogens with one attached hydrogen (secondary N) is 1. The Morgan fingerprint density at radius 3 is 2.35 bits per heavy atom. The molecular formula is C20H27BrN2O3. The van der Waals surface area contributed by atoms with Crippen LogP contribution in [0.5, 0.6) is 0 Å². The maximum Gasteiger partial charge on any atom is 0.312 e. The van der Waals surface area contributed by atoms with Gasteiger partial charge in [0.15, 0.2) is 6.61 Å². The van der Waals surface area contributed by atoms with E-state index in [0.717, 1.165) is 51.4 Å². The number of hydrogen-bond donors (Lipinski definition) is 1. The number of halogens is 1. The van der Waals surface area contributed by atoms with Gasteiger partial charge in [-0.1, -0.05) is 35.2 Å². The summed E-state index contributed by atoms with van der Waals surface area (Å²) in [5, 5.41) is 12.3. The predicted molar refractivity (Wildman–Crippen MR) is 99.3 cm³/mol. The van der Waals surface area contributed by atoms with Crippen molar-refractivity contribution in [1.82, 2.24) is 5.32 Å². The van der Waals surface area contributed by atoms with E-state index in [0.29, 0.717) is 24.7 Å². The number of carbonyl (C=O) groups is 2. The topological polar surface area (TPSA) is 79.2 Å². The Morgan fingerprint density at radius 1 is 1.12 bits per heavy atom. The van der Waals surface area contributed by atoms with Crippen molar-refractivity contribution in [3.05, 3.63) is 0 Å². The Morgan fingerprint density at radius 2 is 1.77 bits per heavy atom. The van der Waals surface area contributed by atoms with Gasteiger partial charge in [-0.05, 0) is 63.2 Å². The minimum absolute atomic E-state index is 0.0886. The third-order valence-corrected chi connectivity index (χ3v) is 7.98. The number of alkyl halides is 1. The molecule has 4 bridgehead atoms. The van der Waals surface area contributed by atoms with E-state index in [1.165, 1.54) is 6.42 Å². The number of nitrogens with zero attached hydrogens (tertiary/aromatic N) is 1. The van der Waals surface area contributed by atoms with Gasteiger partial charge in [0.05, 0.1) is 11.5 Å². The molecule has 142 valence electrons. The molecule has 26 heavy (non-hydrogen) atoms. The largest absolute Gasteiger partial charge is 0.455 e. The van der Waals surface area contributed by atoms with Crippen LogP contribution in [0.1, 0.15) is 70.6 Å². The summed E-state index contributed by atoms with van der Waals surface area (Å²) in [6.45, 7) is -0.269. The lowest BCUT2D eigenvalue weighted by molar-refractivity contribution is -0.171. The van der Waals surface area contributed by atoms with Crippen molar-refractivity contribution in [3.63, 3.8) is 0 Å². The van der Waals surface area contributed by atoms with E-state index in [9.17, 15) is 14.9 Å². The van der Waals surface area contributed by atoms with Gasteiger partial charge in [0.1, 0.15) is 5.54 Å². The predicted octanol–water partition coefficient (Wildman–Crippen LogP) is 3.61. The first-order valence-corrected chi connectivity index (χ1v) is 10.7. The van der Waals surface area contributed by atoms with Crippen molar-refractivity contribution in [2.45, 2.75) is 80.5 Å². The molecule has 5 aliphatic carbocycles.